The topological polar surface area (TPSA) is 46.0 Å². The number of aromatic nitrogens is 2. The molecule has 0 saturated heterocycles. The van der Waals surface area contributed by atoms with E-state index < -0.39 is 0 Å². The Bertz CT molecular complexity index is 484. The fourth-order valence-electron chi connectivity index (χ4n) is 1.35. The van der Waals surface area contributed by atoms with Gasteiger partial charge in [0.15, 0.2) is 0 Å². The Kier molecular flexibility index (Phi) is 3.78. The Morgan fingerprint density at radius 2 is 2.31 bits per heavy atom. The van der Waals surface area contributed by atoms with E-state index in [1.807, 2.05) is 18.4 Å². The van der Waals surface area contributed by atoms with Gasteiger partial charge in [0.2, 0.25) is 0 Å². The first kappa shape index (κ1) is 11.8. The standard InChI is InChI=1S/C11H14N2OS2/c1-3-9-12-10-8(4-5-15-10)11(13-9)16-7(2)6-14/h4-5,7,14H,3,6H2,1-2H3. The first-order chi connectivity index (χ1) is 7.74. The van der Waals surface area contributed by atoms with Gasteiger partial charge in [-0.25, -0.2) is 9.97 Å². The number of aliphatic hydroxyl groups excluding tert-OH is 1. The van der Waals surface area contributed by atoms with Gasteiger partial charge in [-0.3, -0.25) is 0 Å². The van der Waals surface area contributed by atoms with E-state index in [1.165, 1.54) is 0 Å². The summed E-state index contributed by atoms with van der Waals surface area (Å²) in [6.07, 6.45) is 0.842. The molecule has 0 fully saturated rings. The molecule has 0 spiro atoms. The molecule has 2 aromatic rings. The van der Waals surface area contributed by atoms with Crippen LogP contribution in [0.4, 0.5) is 0 Å². The van der Waals surface area contributed by atoms with Gasteiger partial charge in [-0.1, -0.05) is 13.8 Å². The highest BCUT2D eigenvalue weighted by atomic mass is 32.2. The van der Waals surface area contributed by atoms with Crippen molar-refractivity contribution in [1.29, 1.82) is 0 Å². The van der Waals surface area contributed by atoms with Crippen LogP contribution in [0, 0.1) is 0 Å². The summed E-state index contributed by atoms with van der Waals surface area (Å²) in [7, 11) is 0. The second-order valence-corrected chi connectivity index (χ2v) is 5.87. The van der Waals surface area contributed by atoms with E-state index in [9.17, 15) is 0 Å². The van der Waals surface area contributed by atoms with Crippen LogP contribution in [0.3, 0.4) is 0 Å². The van der Waals surface area contributed by atoms with Gasteiger partial charge in [0.05, 0.1) is 6.61 Å². The van der Waals surface area contributed by atoms with Crippen LogP contribution in [0.25, 0.3) is 10.2 Å². The molecule has 0 aromatic carbocycles. The zero-order valence-corrected chi connectivity index (χ0v) is 10.9. The van der Waals surface area contributed by atoms with Gasteiger partial charge in [0.1, 0.15) is 15.7 Å². The lowest BCUT2D eigenvalue weighted by Crippen LogP contribution is -2.03. The minimum absolute atomic E-state index is 0.168. The van der Waals surface area contributed by atoms with Crippen LogP contribution >= 0.6 is 23.1 Å². The van der Waals surface area contributed by atoms with Crippen molar-refractivity contribution in [3.63, 3.8) is 0 Å². The van der Waals surface area contributed by atoms with Crippen molar-refractivity contribution in [2.75, 3.05) is 6.61 Å². The second-order valence-electron chi connectivity index (χ2n) is 3.55. The van der Waals surface area contributed by atoms with Crippen molar-refractivity contribution in [1.82, 2.24) is 9.97 Å². The van der Waals surface area contributed by atoms with Gasteiger partial charge in [-0.15, -0.1) is 23.1 Å². The molecule has 0 saturated carbocycles. The summed E-state index contributed by atoms with van der Waals surface area (Å²) in [6.45, 7) is 4.22. The molecule has 16 heavy (non-hydrogen) atoms. The molecule has 86 valence electrons. The number of nitrogens with zero attached hydrogens (tertiary/aromatic N) is 2. The molecule has 0 bridgehead atoms. The highest BCUT2D eigenvalue weighted by Gasteiger charge is 2.11. The summed E-state index contributed by atoms with van der Waals surface area (Å²) in [5, 5.41) is 13.4. The third kappa shape index (κ3) is 2.36. The third-order valence-electron chi connectivity index (χ3n) is 2.22. The van der Waals surface area contributed by atoms with Crippen LogP contribution in [0.15, 0.2) is 16.5 Å². The van der Waals surface area contributed by atoms with Crippen molar-refractivity contribution >= 4 is 33.3 Å². The molecule has 0 aliphatic carbocycles. The number of aliphatic hydroxyl groups is 1. The molecule has 0 aliphatic rings. The SMILES string of the molecule is CCc1nc(SC(C)CO)c2ccsc2n1. The van der Waals surface area contributed by atoms with Crippen molar-refractivity contribution < 1.29 is 5.11 Å². The van der Waals surface area contributed by atoms with Gasteiger partial charge >= 0.3 is 0 Å². The molecule has 2 rings (SSSR count). The fourth-order valence-corrected chi connectivity index (χ4v) is 3.10. The molecule has 0 amide bonds. The maximum Gasteiger partial charge on any atom is 0.131 e. The Morgan fingerprint density at radius 1 is 1.50 bits per heavy atom. The zero-order valence-electron chi connectivity index (χ0n) is 9.30. The smallest absolute Gasteiger partial charge is 0.131 e. The number of hydrogen-bond acceptors (Lipinski definition) is 5. The first-order valence-electron chi connectivity index (χ1n) is 5.26. The predicted molar refractivity (Wildman–Crippen MR) is 69.2 cm³/mol. The molecular formula is C11H14N2OS2. The number of fused-ring (bicyclic) bond motifs is 1. The van der Waals surface area contributed by atoms with Crippen LogP contribution in [0.5, 0.6) is 0 Å². The molecule has 1 atom stereocenters. The Labute approximate surface area is 103 Å². The molecule has 1 unspecified atom stereocenters. The molecule has 5 heteroatoms. The average molecular weight is 254 g/mol. The summed E-state index contributed by atoms with van der Waals surface area (Å²) < 4.78 is 0. The van der Waals surface area contributed by atoms with E-state index in [0.29, 0.717) is 0 Å². The molecule has 1 N–H and O–H groups in total. The largest absolute Gasteiger partial charge is 0.395 e. The van der Waals surface area contributed by atoms with Gasteiger partial charge in [-0.2, -0.15) is 0 Å². The molecular weight excluding hydrogens is 240 g/mol. The van der Waals surface area contributed by atoms with Crippen LogP contribution in [-0.2, 0) is 6.42 Å². The number of thioether (sulfide) groups is 1. The predicted octanol–water partition coefficient (Wildman–Crippen LogP) is 2.73. The minimum atomic E-state index is 0.168. The maximum atomic E-state index is 9.08. The molecule has 0 aliphatic heterocycles. The van der Waals surface area contributed by atoms with Crippen molar-refractivity contribution in [2.24, 2.45) is 0 Å². The van der Waals surface area contributed by atoms with E-state index in [4.69, 9.17) is 5.11 Å². The van der Waals surface area contributed by atoms with Gasteiger partial charge in [-0.05, 0) is 11.4 Å². The van der Waals surface area contributed by atoms with E-state index in [1.54, 1.807) is 23.1 Å². The number of hydrogen-bond donors (Lipinski definition) is 1. The molecule has 3 nitrogen and oxygen atoms in total. The Hall–Kier alpha value is -0.650. The minimum Gasteiger partial charge on any atom is -0.395 e. The normalized spacial score (nSPS) is 13.2. The Morgan fingerprint density at radius 3 is 3.00 bits per heavy atom. The van der Waals surface area contributed by atoms with Crippen LogP contribution < -0.4 is 0 Å². The fraction of sp³-hybridized carbons (Fsp3) is 0.455. The van der Waals surface area contributed by atoms with E-state index >= 15 is 0 Å². The molecule has 2 aromatic heterocycles. The summed E-state index contributed by atoms with van der Waals surface area (Å²) in [5.74, 6) is 0.877. The number of aryl methyl sites for hydroxylation is 1. The number of thiophene rings is 1. The lowest BCUT2D eigenvalue weighted by molar-refractivity contribution is 0.300. The highest BCUT2D eigenvalue weighted by molar-refractivity contribution is 8.00. The van der Waals surface area contributed by atoms with Gasteiger partial charge in [0.25, 0.3) is 0 Å². The van der Waals surface area contributed by atoms with Crippen molar-refractivity contribution in [3.05, 3.63) is 17.3 Å². The quantitative estimate of drug-likeness (QED) is 0.673. The van der Waals surface area contributed by atoms with Crippen molar-refractivity contribution in [3.8, 4) is 0 Å². The first-order valence-corrected chi connectivity index (χ1v) is 7.02. The summed E-state index contributed by atoms with van der Waals surface area (Å²) in [6, 6.07) is 2.05. The van der Waals surface area contributed by atoms with Crippen molar-refractivity contribution in [2.45, 2.75) is 30.5 Å². The number of rotatable bonds is 4. The summed E-state index contributed by atoms with van der Waals surface area (Å²) in [4.78, 5) is 10.0. The Balaban J connectivity index is 2.44. The van der Waals surface area contributed by atoms with Crippen LogP contribution in [0.2, 0.25) is 0 Å². The average Bonchev–Trinajstić information content (AvgIpc) is 2.76. The highest BCUT2D eigenvalue weighted by Crippen LogP contribution is 2.30. The lowest BCUT2D eigenvalue weighted by Gasteiger charge is -2.08. The third-order valence-corrected chi connectivity index (χ3v) is 4.12. The molecule has 0 radical (unpaired) electrons. The maximum absolute atomic E-state index is 9.08. The van der Waals surface area contributed by atoms with Crippen LogP contribution in [-0.4, -0.2) is 26.9 Å². The summed E-state index contributed by atoms with van der Waals surface area (Å²) >= 11 is 3.25. The van der Waals surface area contributed by atoms with E-state index in [-0.39, 0.29) is 11.9 Å². The zero-order chi connectivity index (χ0) is 11.5. The van der Waals surface area contributed by atoms with Gasteiger partial charge < -0.3 is 5.11 Å². The lowest BCUT2D eigenvalue weighted by atomic mass is 10.4. The summed E-state index contributed by atoms with van der Waals surface area (Å²) in [5.41, 5.74) is 0. The van der Waals surface area contributed by atoms with Crippen LogP contribution in [0.1, 0.15) is 19.7 Å². The monoisotopic (exact) mass is 254 g/mol. The van der Waals surface area contributed by atoms with E-state index in [2.05, 4.69) is 16.9 Å². The second kappa shape index (κ2) is 5.12. The molecule has 2 heterocycles. The van der Waals surface area contributed by atoms with Gasteiger partial charge in [0, 0.05) is 17.1 Å². The van der Waals surface area contributed by atoms with E-state index in [0.717, 1.165) is 27.5 Å².